The monoisotopic (exact) mass is 367 g/mol. The van der Waals surface area contributed by atoms with Crippen LogP contribution in [-0.4, -0.2) is 48.2 Å². The predicted molar refractivity (Wildman–Crippen MR) is 109 cm³/mol. The van der Waals surface area contributed by atoms with Crippen LogP contribution in [0.3, 0.4) is 0 Å². The van der Waals surface area contributed by atoms with Crippen molar-refractivity contribution in [3.8, 4) is 16.9 Å². The molecule has 1 aromatic carbocycles. The average molecular weight is 367 g/mol. The first-order chi connectivity index (χ1) is 13.2. The number of hydrogen-bond donors (Lipinski definition) is 2. The smallest absolute Gasteiger partial charge is 0.224 e. The molecule has 4 rings (SSSR count). The molecular formula is C21H29N5O. The lowest BCUT2D eigenvalue weighted by molar-refractivity contribution is 0.262. The molecule has 3 N–H and O–H groups in total. The van der Waals surface area contributed by atoms with Crippen LogP contribution in [-0.2, 0) is 0 Å². The molecule has 1 aliphatic heterocycles. The number of aromatic nitrogens is 2. The summed E-state index contributed by atoms with van der Waals surface area (Å²) in [5.74, 6) is 2.65. The zero-order valence-electron chi connectivity index (χ0n) is 16.1. The van der Waals surface area contributed by atoms with Crippen molar-refractivity contribution in [3.63, 3.8) is 0 Å². The van der Waals surface area contributed by atoms with Crippen molar-refractivity contribution in [3.05, 3.63) is 30.0 Å². The lowest BCUT2D eigenvalue weighted by atomic mass is 10.0. The Balaban J connectivity index is 1.48. The van der Waals surface area contributed by atoms with Gasteiger partial charge in [-0.1, -0.05) is 12.1 Å². The Morgan fingerprint density at radius 3 is 2.78 bits per heavy atom. The van der Waals surface area contributed by atoms with Crippen molar-refractivity contribution in [1.82, 2.24) is 14.9 Å². The maximum atomic E-state index is 6.22. The van der Waals surface area contributed by atoms with Crippen molar-refractivity contribution in [2.75, 3.05) is 44.3 Å². The summed E-state index contributed by atoms with van der Waals surface area (Å²) in [6, 6.07) is 6.41. The van der Waals surface area contributed by atoms with E-state index < -0.39 is 0 Å². The van der Waals surface area contributed by atoms with Gasteiger partial charge in [0.25, 0.3) is 0 Å². The molecule has 1 saturated heterocycles. The molecule has 1 aliphatic carbocycles. The highest BCUT2D eigenvalue weighted by molar-refractivity contribution is 5.75. The Morgan fingerprint density at radius 1 is 1.26 bits per heavy atom. The van der Waals surface area contributed by atoms with Gasteiger partial charge in [0.15, 0.2) is 0 Å². The normalized spacial score (nSPS) is 17.2. The largest absolute Gasteiger partial charge is 0.493 e. The number of hydrogen-bond acceptors (Lipinski definition) is 6. The second-order valence-electron chi connectivity index (χ2n) is 7.52. The van der Waals surface area contributed by atoms with Gasteiger partial charge in [0, 0.05) is 25.4 Å². The minimum absolute atomic E-state index is 0.480. The summed E-state index contributed by atoms with van der Waals surface area (Å²) < 4.78 is 6.22. The molecule has 6 nitrogen and oxygen atoms in total. The third kappa shape index (κ3) is 4.33. The lowest BCUT2D eigenvalue weighted by Gasteiger charge is -2.16. The zero-order valence-corrected chi connectivity index (χ0v) is 16.1. The van der Waals surface area contributed by atoms with Gasteiger partial charge < -0.3 is 20.7 Å². The summed E-state index contributed by atoms with van der Waals surface area (Å²) in [4.78, 5) is 11.1. The van der Waals surface area contributed by atoms with Gasteiger partial charge in [0.2, 0.25) is 5.95 Å². The minimum atomic E-state index is 0.480. The highest BCUT2D eigenvalue weighted by atomic mass is 16.5. The van der Waals surface area contributed by atoms with E-state index in [1.165, 1.54) is 44.3 Å². The number of rotatable bonds is 8. The van der Waals surface area contributed by atoms with Crippen molar-refractivity contribution in [1.29, 1.82) is 0 Å². The van der Waals surface area contributed by atoms with Crippen LogP contribution in [0.4, 0.5) is 11.8 Å². The Kier molecular flexibility index (Phi) is 5.43. The summed E-state index contributed by atoms with van der Waals surface area (Å²) in [7, 11) is 1.78. The number of nitrogens with two attached hydrogens (primary N) is 1. The highest BCUT2D eigenvalue weighted by Gasteiger charge is 2.27. The maximum absolute atomic E-state index is 6.22. The van der Waals surface area contributed by atoms with Crippen LogP contribution in [0.5, 0.6) is 5.75 Å². The molecule has 2 fully saturated rings. The second-order valence-corrected chi connectivity index (χ2v) is 7.52. The zero-order chi connectivity index (χ0) is 18.6. The minimum Gasteiger partial charge on any atom is -0.493 e. The van der Waals surface area contributed by atoms with Crippen molar-refractivity contribution in [2.45, 2.75) is 38.0 Å². The van der Waals surface area contributed by atoms with Gasteiger partial charge in [-0.05, 0) is 68.3 Å². The van der Waals surface area contributed by atoms with Crippen molar-refractivity contribution in [2.24, 2.45) is 0 Å². The summed E-state index contributed by atoms with van der Waals surface area (Å²) in [5, 5.41) is 2.92. The Bertz CT molecular complexity index is 784. The fraction of sp³-hybridized carbons (Fsp3) is 0.524. The summed E-state index contributed by atoms with van der Waals surface area (Å²) in [6.07, 6.45) is 8.03. The molecule has 0 amide bonds. The second kappa shape index (κ2) is 8.13. The molecule has 6 heteroatoms. The number of anilines is 2. The molecule has 0 radical (unpaired) electrons. The van der Waals surface area contributed by atoms with Gasteiger partial charge in [0.1, 0.15) is 11.6 Å². The first-order valence-corrected chi connectivity index (χ1v) is 10.0. The molecule has 144 valence electrons. The molecule has 1 saturated carbocycles. The van der Waals surface area contributed by atoms with E-state index in [-0.39, 0.29) is 0 Å². The molecular weight excluding hydrogens is 338 g/mol. The molecule has 0 unspecified atom stereocenters. The molecule has 0 atom stereocenters. The van der Waals surface area contributed by atoms with E-state index >= 15 is 0 Å². The molecule has 0 spiro atoms. The van der Waals surface area contributed by atoms with E-state index in [0.717, 1.165) is 36.4 Å². The molecule has 2 aliphatic rings. The lowest BCUT2D eigenvalue weighted by Crippen LogP contribution is -2.22. The van der Waals surface area contributed by atoms with Crippen LogP contribution in [0.15, 0.2) is 24.4 Å². The third-order valence-electron chi connectivity index (χ3n) is 5.46. The number of nitrogens with one attached hydrogen (secondary N) is 1. The molecule has 1 aromatic heterocycles. The number of nitrogens with zero attached hydrogens (tertiary/aromatic N) is 3. The average Bonchev–Trinajstić information content (AvgIpc) is 3.40. The number of likely N-dealkylation sites (tertiary alicyclic amines) is 1. The van der Waals surface area contributed by atoms with Crippen LogP contribution in [0.1, 0.15) is 43.6 Å². The van der Waals surface area contributed by atoms with Gasteiger partial charge in [-0.25, -0.2) is 4.98 Å². The van der Waals surface area contributed by atoms with Crippen LogP contribution in [0, 0.1) is 0 Å². The Hall–Kier alpha value is -2.34. The van der Waals surface area contributed by atoms with E-state index in [1.807, 2.05) is 0 Å². The molecule has 0 bridgehead atoms. The van der Waals surface area contributed by atoms with Crippen LogP contribution < -0.4 is 15.8 Å². The summed E-state index contributed by atoms with van der Waals surface area (Å²) in [6.45, 7) is 4.37. The summed E-state index contributed by atoms with van der Waals surface area (Å²) >= 11 is 0. The van der Waals surface area contributed by atoms with Gasteiger partial charge in [-0.15, -0.1) is 0 Å². The van der Waals surface area contributed by atoms with Gasteiger partial charge in [-0.3, -0.25) is 0 Å². The van der Waals surface area contributed by atoms with Crippen LogP contribution in [0.2, 0.25) is 0 Å². The first kappa shape index (κ1) is 18.0. The van der Waals surface area contributed by atoms with Crippen molar-refractivity contribution < 1.29 is 4.74 Å². The predicted octanol–water partition coefficient (Wildman–Crippen LogP) is 3.51. The van der Waals surface area contributed by atoms with Crippen molar-refractivity contribution >= 4 is 11.8 Å². The Morgan fingerprint density at radius 2 is 2.07 bits per heavy atom. The van der Waals surface area contributed by atoms with Gasteiger partial charge in [-0.2, -0.15) is 4.98 Å². The fourth-order valence-electron chi connectivity index (χ4n) is 3.77. The van der Waals surface area contributed by atoms with Gasteiger partial charge >= 0.3 is 0 Å². The van der Waals surface area contributed by atoms with E-state index in [4.69, 9.17) is 10.5 Å². The topological polar surface area (TPSA) is 76.3 Å². The number of nitrogen functional groups attached to an aromatic ring is 1. The van der Waals surface area contributed by atoms with Gasteiger partial charge in [0.05, 0.1) is 6.61 Å². The Labute approximate surface area is 161 Å². The fourth-order valence-corrected chi connectivity index (χ4v) is 3.77. The van der Waals surface area contributed by atoms with E-state index in [2.05, 4.69) is 38.4 Å². The molecule has 2 aromatic rings. The third-order valence-corrected chi connectivity index (χ3v) is 5.46. The van der Waals surface area contributed by atoms with Crippen LogP contribution >= 0.6 is 0 Å². The van der Waals surface area contributed by atoms with E-state index in [0.29, 0.717) is 17.7 Å². The standard InChI is InChI=1S/C21H29N5O/c1-23-21-24-14-18(20(22)25-21)16-7-8-17(15-5-6-15)19(13-16)27-12-4-11-26-9-2-3-10-26/h7-8,13-15H,2-6,9-12H2,1H3,(H3,22,23,24,25). The number of benzene rings is 1. The maximum Gasteiger partial charge on any atom is 0.224 e. The summed E-state index contributed by atoms with van der Waals surface area (Å²) in [5.41, 5.74) is 9.32. The molecule has 27 heavy (non-hydrogen) atoms. The SMILES string of the molecule is CNc1ncc(-c2ccc(C3CC3)c(OCCCN3CCCC3)c2)c(N)n1. The highest BCUT2D eigenvalue weighted by Crippen LogP contribution is 2.45. The van der Waals surface area contributed by atoms with E-state index in [1.54, 1.807) is 13.2 Å². The quantitative estimate of drug-likeness (QED) is 0.696. The number of ether oxygens (including phenoxy) is 1. The van der Waals surface area contributed by atoms with Crippen LogP contribution in [0.25, 0.3) is 11.1 Å². The molecule has 2 heterocycles. The first-order valence-electron chi connectivity index (χ1n) is 10.0. The van der Waals surface area contributed by atoms with E-state index in [9.17, 15) is 0 Å².